The van der Waals surface area contributed by atoms with Crippen molar-refractivity contribution in [1.82, 2.24) is 0 Å². The number of hydrogen-bond donors (Lipinski definition) is 1. The first-order valence-corrected chi connectivity index (χ1v) is 9.52. The van der Waals surface area contributed by atoms with Gasteiger partial charge in [-0.1, -0.05) is 48.0 Å². The number of hydrogen-bond acceptors (Lipinski definition) is 4. The topological polar surface area (TPSA) is 61.5 Å². The largest absolute Gasteiger partial charge is 0.466 e. The Balaban J connectivity index is 2.04. The molecule has 27 heavy (non-hydrogen) atoms. The van der Waals surface area contributed by atoms with Crippen LogP contribution in [0.4, 0.5) is 0 Å². The van der Waals surface area contributed by atoms with Gasteiger partial charge in [0.15, 0.2) is 0 Å². The van der Waals surface area contributed by atoms with Crippen molar-refractivity contribution >= 4 is 17.6 Å². The van der Waals surface area contributed by atoms with Gasteiger partial charge in [0.2, 0.25) is 0 Å². The fraction of sp³-hybridized carbons (Fsp3) is 0.409. The molecule has 0 saturated carbocycles. The Bertz CT molecular complexity index is 747. The van der Waals surface area contributed by atoms with Crippen molar-refractivity contribution < 1.29 is 14.3 Å². The standard InChI is InChI=1S/C22H28ClNO3/c1-4-27-21(25)22(2,15-26-3)14-20(24)12-16-8-10-17(11-9-16)18-6-5-7-19(23)13-18/h5-11,13,20H,4,12,14-15,24H2,1-3H3/t20-,22?/m1/s1. The molecule has 0 fully saturated rings. The molecular weight excluding hydrogens is 362 g/mol. The highest BCUT2D eigenvalue weighted by Gasteiger charge is 2.36. The first-order chi connectivity index (χ1) is 12.9. The summed E-state index contributed by atoms with van der Waals surface area (Å²) in [5.41, 5.74) is 8.90. The summed E-state index contributed by atoms with van der Waals surface area (Å²) >= 11 is 6.07. The number of benzene rings is 2. The predicted molar refractivity (Wildman–Crippen MR) is 110 cm³/mol. The minimum Gasteiger partial charge on any atom is -0.466 e. The van der Waals surface area contributed by atoms with Gasteiger partial charge in [0, 0.05) is 18.2 Å². The lowest BCUT2D eigenvalue weighted by atomic mass is 9.82. The molecule has 0 aliphatic carbocycles. The summed E-state index contributed by atoms with van der Waals surface area (Å²) in [7, 11) is 1.58. The van der Waals surface area contributed by atoms with Crippen LogP contribution in [0, 0.1) is 5.41 Å². The maximum absolute atomic E-state index is 12.3. The number of carbonyl (C=O) groups is 1. The number of rotatable bonds is 9. The molecule has 0 aliphatic rings. The number of esters is 1. The second kappa shape index (κ2) is 9.88. The van der Waals surface area contributed by atoms with Crippen LogP contribution >= 0.6 is 11.6 Å². The minimum absolute atomic E-state index is 0.174. The van der Waals surface area contributed by atoms with E-state index in [-0.39, 0.29) is 18.6 Å². The smallest absolute Gasteiger partial charge is 0.314 e. The molecular formula is C22H28ClNO3. The lowest BCUT2D eigenvalue weighted by Gasteiger charge is -2.29. The molecule has 1 unspecified atom stereocenters. The zero-order valence-corrected chi connectivity index (χ0v) is 17.0. The van der Waals surface area contributed by atoms with Gasteiger partial charge in [-0.3, -0.25) is 4.79 Å². The van der Waals surface area contributed by atoms with E-state index in [9.17, 15) is 4.79 Å². The summed E-state index contributed by atoms with van der Waals surface area (Å²) in [5.74, 6) is -0.265. The quantitative estimate of drug-likeness (QED) is 0.642. The van der Waals surface area contributed by atoms with E-state index in [2.05, 4.69) is 24.3 Å². The second-order valence-corrected chi connectivity index (χ2v) is 7.53. The highest BCUT2D eigenvalue weighted by atomic mass is 35.5. The molecule has 0 bridgehead atoms. The molecule has 146 valence electrons. The predicted octanol–water partition coefficient (Wildman–Crippen LogP) is 4.48. The van der Waals surface area contributed by atoms with Crippen LogP contribution in [0.25, 0.3) is 11.1 Å². The van der Waals surface area contributed by atoms with E-state index in [1.807, 2.05) is 31.2 Å². The van der Waals surface area contributed by atoms with E-state index in [4.69, 9.17) is 26.8 Å². The fourth-order valence-electron chi connectivity index (χ4n) is 3.28. The summed E-state index contributed by atoms with van der Waals surface area (Å²) in [4.78, 5) is 12.3. The van der Waals surface area contributed by atoms with Crippen molar-refractivity contribution in [3.05, 3.63) is 59.1 Å². The van der Waals surface area contributed by atoms with Crippen molar-refractivity contribution in [2.45, 2.75) is 32.7 Å². The Labute approximate surface area is 166 Å². The maximum Gasteiger partial charge on any atom is 0.314 e. The molecule has 0 spiro atoms. The van der Waals surface area contributed by atoms with E-state index in [0.717, 1.165) is 21.7 Å². The molecule has 2 N–H and O–H groups in total. The molecule has 0 saturated heterocycles. The van der Waals surface area contributed by atoms with Gasteiger partial charge >= 0.3 is 5.97 Å². The molecule has 0 amide bonds. The number of methoxy groups -OCH3 is 1. The zero-order valence-electron chi connectivity index (χ0n) is 16.2. The Morgan fingerprint density at radius 1 is 1.19 bits per heavy atom. The minimum atomic E-state index is -0.745. The van der Waals surface area contributed by atoms with Gasteiger partial charge in [0.25, 0.3) is 0 Å². The van der Waals surface area contributed by atoms with Crippen LogP contribution in [-0.2, 0) is 20.7 Å². The van der Waals surface area contributed by atoms with Crippen LogP contribution in [0.2, 0.25) is 5.02 Å². The van der Waals surface area contributed by atoms with E-state index in [1.54, 1.807) is 14.0 Å². The average Bonchev–Trinajstić information content (AvgIpc) is 2.62. The fourth-order valence-corrected chi connectivity index (χ4v) is 3.47. The lowest BCUT2D eigenvalue weighted by molar-refractivity contribution is -0.158. The maximum atomic E-state index is 12.3. The SMILES string of the molecule is CCOC(=O)C(C)(COC)C[C@H](N)Cc1ccc(-c2cccc(Cl)c2)cc1. The molecule has 2 rings (SSSR count). The number of ether oxygens (including phenoxy) is 2. The molecule has 5 heteroatoms. The molecule has 0 heterocycles. The number of nitrogens with two attached hydrogens (primary N) is 1. The van der Waals surface area contributed by atoms with Crippen molar-refractivity contribution in [1.29, 1.82) is 0 Å². The first kappa shape index (κ1) is 21.4. The number of carbonyl (C=O) groups excluding carboxylic acids is 1. The Morgan fingerprint density at radius 2 is 1.89 bits per heavy atom. The monoisotopic (exact) mass is 389 g/mol. The van der Waals surface area contributed by atoms with Crippen molar-refractivity contribution in [3.8, 4) is 11.1 Å². The van der Waals surface area contributed by atoms with Crippen LogP contribution in [0.1, 0.15) is 25.8 Å². The normalized spacial score (nSPS) is 14.4. The van der Waals surface area contributed by atoms with Crippen LogP contribution in [0.3, 0.4) is 0 Å². The van der Waals surface area contributed by atoms with E-state index < -0.39 is 5.41 Å². The third kappa shape index (κ3) is 6.06. The van der Waals surface area contributed by atoms with E-state index >= 15 is 0 Å². The molecule has 0 radical (unpaired) electrons. The van der Waals surface area contributed by atoms with Crippen molar-refractivity contribution in [2.24, 2.45) is 11.1 Å². The van der Waals surface area contributed by atoms with Gasteiger partial charge < -0.3 is 15.2 Å². The Morgan fingerprint density at radius 3 is 2.48 bits per heavy atom. The van der Waals surface area contributed by atoms with Gasteiger partial charge in [0.05, 0.1) is 18.6 Å². The molecule has 0 aliphatic heterocycles. The van der Waals surface area contributed by atoms with Gasteiger partial charge in [-0.2, -0.15) is 0 Å². The molecule has 2 aromatic carbocycles. The second-order valence-electron chi connectivity index (χ2n) is 7.09. The summed E-state index contributed by atoms with van der Waals surface area (Å²) in [6.45, 7) is 4.27. The van der Waals surface area contributed by atoms with Crippen molar-refractivity contribution in [2.75, 3.05) is 20.3 Å². The van der Waals surface area contributed by atoms with Crippen LogP contribution in [0.15, 0.2) is 48.5 Å². The van der Waals surface area contributed by atoms with Gasteiger partial charge in [-0.15, -0.1) is 0 Å². The molecule has 0 aromatic heterocycles. The Kier molecular flexibility index (Phi) is 7.84. The van der Waals surface area contributed by atoms with Crippen LogP contribution in [0.5, 0.6) is 0 Å². The average molecular weight is 390 g/mol. The van der Waals surface area contributed by atoms with E-state index in [0.29, 0.717) is 19.4 Å². The Hall–Kier alpha value is -1.88. The van der Waals surface area contributed by atoms with Crippen molar-refractivity contribution in [3.63, 3.8) is 0 Å². The summed E-state index contributed by atoms with van der Waals surface area (Å²) in [6.07, 6.45) is 1.17. The van der Waals surface area contributed by atoms with Crippen LogP contribution in [-0.4, -0.2) is 32.3 Å². The molecule has 2 aromatic rings. The lowest BCUT2D eigenvalue weighted by Crippen LogP contribution is -2.41. The van der Waals surface area contributed by atoms with Gasteiger partial charge in [-0.05, 0) is 55.5 Å². The third-order valence-electron chi connectivity index (χ3n) is 4.55. The summed E-state index contributed by atoms with van der Waals surface area (Å²) in [6, 6.07) is 15.8. The third-order valence-corrected chi connectivity index (χ3v) is 4.79. The van der Waals surface area contributed by atoms with Gasteiger partial charge in [-0.25, -0.2) is 0 Å². The first-order valence-electron chi connectivity index (χ1n) is 9.14. The summed E-state index contributed by atoms with van der Waals surface area (Å²) < 4.78 is 10.4. The number of halogens is 1. The molecule has 2 atom stereocenters. The summed E-state index contributed by atoms with van der Waals surface area (Å²) in [5, 5.41) is 0.718. The molecule has 4 nitrogen and oxygen atoms in total. The van der Waals surface area contributed by atoms with Gasteiger partial charge in [0.1, 0.15) is 0 Å². The highest BCUT2D eigenvalue weighted by Crippen LogP contribution is 2.27. The van der Waals surface area contributed by atoms with Crippen LogP contribution < -0.4 is 5.73 Å². The highest BCUT2D eigenvalue weighted by molar-refractivity contribution is 6.30. The van der Waals surface area contributed by atoms with E-state index in [1.165, 1.54) is 0 Å². The zero-order chi connectivity index (χ0) is 19.9.